The molecule has 1 aromatic carbocycles. The highest BCUT2D eigenvalue weighted by atomic mass is 32.2. The molecule has 0 radical (unpaired) electrons. The molecule has 0 saturated heterocycles. The zero-order chi connectivity index (χ0) is 15.0. The summed E-state index contributed by atoms with van der Waals surface area (Å²) in [6.45, 7) is -0.201. The molecular formula is C14H23NO4S. The first-order chi connectivity index (χ1) is 9.65. The van der Waals surface area contributed by atoms with Gasteiger partial charge in [0.1, 0.15) is 0 Å². The molecule has 2 atom stereocenters. The first-order valence-electron chi connectivity index (χ1n) is 6.42. The van der Waals surface area contributed by atoms with Crippen LogP contribution < -0.4 is 14.8 Å². The Balaban J connectivity index is 2.69. The van der Waals surface area contributed by atoms with E-state index < -0.39 is 6.10 Å². The van der Waals surface area contributed by atoms with Crippen LogP contribution in [0.4, 0.5) is 0 Å². The monoisotopic (exact) mass is 301 g/mol. The fourth-order valence-electron chi connectivity index (χ4n) is 1.79. The van der Waals surface area contributed by atoms with Crippen molar-refractivity contribution in [2.24, 2.45) is 0 Å². The SMILES string of the molecule is CNC(CSCC(O)CO)c1ccc(OC)c(OC)c1. The van der Waals surface area contributed by atoms with Crippen molar-refractivity contribution >= 4 is 11.8 Å². The van der Waals surface area contributed by atoms with Crippen LogP contribution in [0.5, 0.6) is 11.5 Å². The number of hydrogen-bond donors (Lipinski definition) is 3. The number of aliphatic hydroxyl groups excluding tert-OH is 2. The Morgan fingerprint density at radius 3 is 2.45 bits per heavy atom. The lowest BCUT2D eigenvalue weighted by Gasteiger charge is -2.18. The topological polar surface area (TPSA) is 71.0 Å². The second-order valence-electron chi connectivity index (χ2n) is 4.33. The zero-order valence-electron chi connectivity index (χ0n) is 12.1. The van der Waals surface area contributed by atoms with Gasteiger partial charge in [-0.1, -0.05) is 6.07 Å². The first-order valence-corrected chi connectivity index (χ1v) is 7.57. The van der Waals surface area contributed by atoms with Crippen molar-refractivity contribution in [2.75, 3.05) is 39.4 Å². The number of thioether (sulfide) groups is 1. The maximum absolute atomic E-state index is 9.34. The second-order valence-corrected chi connectivity index (χ2v) is 5.40. The Labute approximate surface area is 124 Å². The number of aliphatic hydroxyl groups is 2. The largest absolute Gasteiger partial charge is 0.493 e. The number of hydrogen-bond acceptors (Lipinski definition) is 6. The molecule has 2 unspecified atom stereocenters. The van der Waals surface area contributed by atoms with E-state index in [0.717, 1.165) is 11.3 Å². The number of nitrogens with one attached hydrogen (secondary N) is 1. The van der Waals surface area contributed by atoms with Gasteiger partial charge in [-0.05, 0) is 24.7 Å². The highest BCUT2D eigenvalue weighted by Crippen LogP contribution is 2.30. The van der Waals surface area contributed by atoms with Crippen LogP contribution >= 0.6 is 11.8 Å². The molecule has 114 valence electrons. The summed E-state index contributed by atoms with van der Waals surface area (Å²) < 4.78 is 10.5. The van der Waals surface area contributed by atoms with Gasteiger partial charge in [0.2, 0.25) is 0 Å². The molecule has 0 spiro atoms. The number of rotatable bonds is 9. The van der Waals surface area contributed by atoms with Gasteiger partial charge < -0.3 is 25.0 Å². The summed E-state index contributed by atoms with van der Waals surface area (Å²) >= 11 is 1.59. The van der Waals surface area contributed by atoms with Crippen molar-refractivity contribution in [2.45, 2.75) is 12.1 Å². The summed E-state index contributed by atoms with van der Waals surface area (Å²) in [6, 6.07) is 5.96. The molecule has 0 aliphatic rings. The van der Waals surface area contributed by atoms with Crippen LogP contribution in [0.2, 0.25) is 0 Å². The molecule has 0 fully saturated rings. The molecule has 6 heteroatoms. The molecule has 0 saturated carbocycles. The minimum absolute atomic E-state index is 0.144. The predicted octanol–water partition coefficient (Wildman–Crippen LogP) is 1.05. The van der Waals surface area contributed by atoms with E-state index in [1.807, 2.05) is 25.2 Å². The van der Waals surface area contributed by atoms with E-state index in [9.17, 15) is 5.11 Å². The summed E-state index contributed by atoms with van der Waals surface area (Å²) in [7, 11) is 5.12. The van der Waals surface area contributed by atoms with Crippen LogP contribution in [0.25, 0.3) is 0 Å². The Morgan fingerprint density at radius 2 is 1.90 bits per heavy atom. The normalized spacial score (nSPS) is 13.8. The smallest absolute Gasteiger partial charge is 0.161 e. The van der Waals surface area contributed by atoms with Crippen molar-refractivity contribution in [1.29, 1.82) is 0 Å². The van der Waals surface area contributed by atoms with Crippen molar-refractivity contribution in [3.05, 3.63) is 23.8 Å². The van der Waals surface area contributed by atoms with Gasteiger partial charge in [0.15, 0.2) is 11.5 Å². The van der Waals surface area contributed by atoms with E-state index in [-0.39, 0.29) is 12.6 Å². The molecule has 0 amide bonds. The van der Waals surface area contributed by atoms with Crippen LogP contribution in [0.15, 0.2) is 18.2 Å². The third-order valence-electron chi connectivity index (χ3n) is 2.96. The van der Waals surface area contributed by atoms with E-state index in [1.54, 1.807) is 26.0 Å². The quantitative estimate of drug-likeness (QED) is 0.633. The third kappa shape index (κ3) is 4.86. The Morgan fingerprint density at radius 1 is 1.20 bits per heavy atom. The van der Waals surface area contributed by atoms with Crippen LogP contribution in [0, 0.1) is 0 Å². The minimum Gasteiger partial charge on any atom is -0.493 e. The lowest BCUT2D eigenvalue weighted by Crippen LogP contribution is -2.21. The summed E-state index contributed by atoms with van der Waals surface area (Å²) in [5.74, 6) is 2.71. The molecule has 0 aromatic heterocycles. The van der Waals surface area contributed by atoms with Crippen molar-refractivity contribution in [1.82, 2.24) is 5.32 Å². The Hall–Kier alpha value is -0.950. The molecular weight excluding hydrogens is 278 g/mol. The van der Waals surface area contributed by atoms with E-state index >= 15 is 0 Å². The van der Waals surface area contributed by atoms with E-state index in [4.69, 9.17) is 14.6 Å². The molecule has 1 aromatic rings. The molecule has 1 rings (SSSR count). The molecule has 3 N–H and O–H groups in total. The lowest BCUT2D eigenvalue weighted by molar-refractivity contribution is 0.113. The van der Waals surface area contributed by atoms with Crippen LogP contribution in [0.3, 0.4) is 0 Å². The Kier molecular flexibility index (Phi) is 7.76. The molecule has 0 heterocycles. The van der Waals surface area contributed by atoms with Gasteiger partial charge in [-0.15, -0.1) is 0 Å². The molecule has 0 aliphatic carbocycles. The van der Waals surface area contributed by atoms with Crippen LogP contribution in [-0.4, -0.2) is 55.7 Å². The Bertz CT molecular complexity index is 403. The van der Waals surface area contributed by atoms with Gasteiger partial charge in [0, 0.05) is 17.5 Å². The van der Waals surface area contributed by atoms with Gasteiger partial charge in [0.05, 0.1) is 26.9 Å². The van der Waals surface area contributed by atoms with Gasteiger partial charge in [-0.25, -0.2) is 0 Å². The summed E-state index contributed by atoms with van der Waals surface area (Å²) in [5.41, 5.74) is 1.09. The summed E-state index contributed by atoms with van der Waals surface area (Å²) in [5, 5.41) is 21.4. The maximum Gasteiger partial charge on any atom is 0.161 e. The van der Waals surface area contributed by atoms with E-state index in [0.29, 0.717) is 17.3 Å². The van der Waals surface area contributed by atoms with Gasteiger partial charge in [-0.2, -0.15) is 11.8 Å². The highest BCUT2D eigenvalue weighted by molar-refractivity contribution is 7.99. The van der Waals surface area contributed by atoms with Gasteiger partial charge in [-0.3, -0.25) is 0 Å². The average Bonchev–Trinajstić information content (AvgIpc) is 2.50. The highest BCUT2D eigenvalue weighted by Gasteiger charge is 2.13. The van der Waals surface area contributed by atoms with Crippen molar-refractivity contribution in [3.8, 4) is 11.5 Å². The second kappa shape index (κ2) is 9.07. The predicted molar refractivity (Wildman–Crippen MR) is 81.8 cm³/mol. The first kappa shape index (κ1) is 17.1. The summed E-state index contributed by atoms with van der Waals surface area (Å²) in [6.07, 6.45) is -0.664. The maximum atomic E-state index is 9.34. The fourth-order valence-corrected chi connectivity index (χ4v) is 2.90. The molecule has 20 heavy (non-hydrogen) atoms. The van der Waals surface area contributed by atoms with Crippen molar-refractivity contribution in [3.63, 3.8) is 0 Å². The minimum atomic E-state index is -0.664. The fraction of sp³-hybridized carbons (Fsp3) is 0.571. The molecule has 5 nitrogen and oxygen atoms in total. The van der Waals surface area contributed by atoms with Crippen molar-refractivity contribution < 1.29 is 19.7 Å². The molecule has 0 aliphatic heterocycles. The average molecular weight is 301 g/mol. The zero-order valence-corrected chi connectivity index (χ0v) is 12.9. The van der Waals surface area contributed by atoms with Gasteiger partial charge in [0.25, 0.3) is 0 Å². The van der Waals surface area contributed by atoms with E-state index in [1.165, 1.54) is 0 Å². The lowest BCUT2D eigenvalue weighted by atomic mass is 10.1. The third-order valence-corrected chi connectivity index (χ3v) is 4.15. The number of methoxy groups -OCH3 is 2. The number of ether oxygens (including phenoxy) is 2. The number of benzene rings is 1. The van der Waals surface area contributed by atoms with Crippen LogP contribution in [0.1, 0.15) is 11.6 Å². The summed E-state index contributed by atoms with van der Waals surface area (Å²) in [4.78, 5) is 0. The van der Waals surface area contributed by atoms with Gasteiger partial charge >= 0.3 is 0 Å². The molecule has 0 bridgehead atoms. The van der Waals surface area contributed by atoms with E-state index in [2.05, 4.69) is 5.32 Å². The van der Waals surface area contributed by atoms with Crippen LogP contribution in [-0.2, 0) is 0 Å². The standard InChI is InChI=1S/C14H23NO4S/c1-15-12(9-20-8-11(17)7-16)10-4-5-13(18-2)14(6-10)19-3/h4-6,11-12,15-17H,7-9H2,1-3H3.